The summed E-state index contributed by atoms with van der Waals surface area (Å²) >= 11 is 0. The monoisotopic (exact) mass is 378 g/mol. The summed E-state index contributed by atoms with van der Waals surface area (Å²) in [5.41, 5.74) is 1.10. The van der Waals surface area contributed by atoms with E-state index in [2.05, 4.69) is 10.3 Å². The van der Waals surface area contributed by atoms with E-state index in [1.165, 1.54) is 6.92 Å². The zero-order chi connectivity index (χ0) is 19.9. The van der Waals surface area contributed by atoms with Gasteiger partial charge in [0, 0.05) is 11.1 Å². The number of ether oxygens (including phenoxy) is 1. The molecule has 0 bridgehead atoms. The molecule has 9 heteroatoms. The molecule has 3 rings (SSSR count). The molecule has 146 valence electrons. The van der Waals surface area contributed by atoms with E-state index in [1.807, 2.05) is 0 Å². The summed E-state index contributed by atoms with van der Waals surface area (Å²) in [4.78, 5) is 26.5. The van der Waals surface area contributed by atoms with Gasteiger partial charge in [0.15, 0.2) is 12.1 Å². The van der Waals surface area contributed by atoms with Crippen LogP contribution in [0.2, 0.25) is 0 Å². The number of carbonyl (C=O) groups excluding carboxylic acids is 1. The van der Waals surface area contributed by atoms with Crippen molar-refractivity contribution >= 4 is 22.4 Å². The number of hydrogen-bond acceptors (Lipinski definition) is 8. The van der Waals surface area contributed by atoms with E-state index < -0.39 is 42.8 Å². The van der Waals surface area contributed by atoms with Crippen molar-refractivity contribution in [3.63, 3.8) is 0 Å². The number of benzene rings is 1. The molecule has 5 atom stereocenters. The molecule has 0 radical (unpaired) electrons. The highest BCUT2D eigenvalue weighted by atomic mass is 16.6. The molecule has 2 heterocycles. The fraction of sp³-hybridized carbons (Fsp3) is 0.444. The Morgan fingerprint density at radius 1 is 1.26 bits per heavy atom. The second kappa shape index (κ2) is 7.37. The van der Waals surface area contributed by atoms with Gasteiger partial charge in [-0.05, 0) is 31.5 Å². The van der Waals surface area contributed by atoms with Crippen LogP contribution in [-0.4, -0.2) is 68.4 Å². The summed E-state index contributed by atoms with van der Waals surface area (Å²) in [5.74, 6) is -0.323. The molecule has 4 unspecified atom stereocenters. The number of aromatic amines is 1. The van der Waals surface area contributed by atoms with E-state index in [4.69, 9.17) is 9.84 Å². The highest BCUT2D eigenvalue weighted by molar-refractivity contribution is 6.00. The Kier molecular flexibility index (Phi) is 5.31. The SMILES string of the molecule is CC(=O)c1c(C)c2ccc(NC3C(O)OC(CO)[C@H](O)C3O)cc2[nH]c1=O. The summed E-state index contributed by atoms with van der Waals surface area (Å²) in [6.07, 6.45) is -5.32. The van der Waals surface area contributed by atoms with Crippen molar-refractivity contribution in [3.05, 3.63) is 39.7 Å². The molecule has 27 heavy (non-hydrogen) atoms. The van der Waals surface area contributed by atoms with E-state index in [-0.39, 0.29) is 11.3 Å². The second-order valence-electron chi connectivity index (χ2n) is 6.67. The molecule has 0 spiro atoms. The van der Waals surface area contributed by atoms with Crippen LogP contribution >= 0.6 is 0 Å². The molecular formula is C18H22N2O7. The molecule has 0 amide bonds. The number of Topliss-reactive ketones (excluding diaryl/α,β-unsaturated/α-hetero) is 1. The van der Waals surface area contributed by atoms with E-state index >= 15 is 0 Å². The Hall–Kier alpha value is -2.30. The zero-order valence-electron chi connectivity index (χ0n) is 14.8. The zero-order valence-corrected chi connectivity index (χ0v) is 14.8. The Morgan fingerprint density at radius 2 is 1.96 bits per heavy atom. The van der Waals surface area contributed by atoms with Gasteiger partial charge in [-0.25, -0.2) is 0 Å². The fourth-order valence-electron chi connectivity index (χ4n) is 3.42. The van der Waals surface area contributed by atoms with Crippen LogP contribution in [0.3, 0.4) is 0 Å². The molecule has 1 saturated heterocycles. The van der Waals surface area contributed by atoms with Gasteiger partial charge in [-0.2, -0.15) is 0 Å². The van der Waals surface area contributed by atoms with E-state index in [9.17, 15) is 24.9 Å². The highest BCUT2D eigenvalue weighted by Gasteiger charge is 2.43. The van der Waals surface area contributed by atoms with Gasteiger partial charge in [0.05, 0.1) is 17.7 Å². The number of aromatic nitrogens is 1. The average molecular weight is 378 g/mol. The number of aliphatic hydroxyl groups is 4. The lowest BCUT2D eigenvalue weighted by atomic mass is 9.96. The molecule has 2 aromatic rings. The summed E-state index contributed by atoms with van der Waals surface area (Å²) in [7, 11) is 0. The van der Waals surface area contributed by atoms with Crippen LogP contribution in [0.25, 0.3) is 10.9 Å². The first-order valence-corrected chi connectivity index (χ1v) is 8.49. The second-order valence-corrected chi connectivity index (χ2v) is 6.67. The molecule has 9 nitrogen and oxygen atoms in total. The van der Waals surface area contributed by atoms with Gasteiger partial charge in [0.2, 0.25) is 0 Å². The maximum atomic E-state index is 12.2. The fourth-order valence-corrected chi connectivity index (χ4v) is 3.42. The van der Waals surface area contributed by atoms with Crippen LogP contribution in [0.5, 0.6) is 0 Å². The first kappa shape index (κ1) is 19.5. The number of hydrogen-bond donors (Lipinski definition) is 6. The summed E-state index contributed by atoms with van der Waals surface area (Å²) in [6, 6.07) is 3.90. The van der Waals surface area contributed by atoms with Gasteiger partial charge in [-0.3, -0.25) is 9.59 Å². The van der Waals surface area contributed by atoms with Gasteiger partial charge in [0.25, 0.3) is 5.56 Å². The predicted molar refractivity (Wildman–Crippen MR) is 96.7 cm³/mol. The minimum absolute atomic E-state index is 0.105. The summed E-state index contributed by atoms with van der Waals surface area (Å²) in [6.45, 7) is 2.47. The van der Waals surface area contributed by atoms with Gasteiger partial charge in [0.1, 0.15) is 24.4 Å². The molecule has 1 aliphatic rings. The highest BCUT2D eigenvalue weighted by Crippen LogP contribution is 2.26. The van der Waals surface area contributed by atoms with Crippen molar-refractivity contribution in [3.8, 4) is 0 Å². The lowest BCUT2D eigenvalue weighted by Crippen LogP contribution is -2.61. The smallest absolute Gasteiger partial charge is 0.259 e. The number of anilines is 1. The number of aryl methyl sites for hydroxylation is 1. The van der Waals surface area contributed by atoms with Crippen LogP contribution in [-0.2, 0) is 4.74 Å². The van der Waals surface area contributed by atoms with E-state index in [0.717, 1.165) is 0 Å². The standard InChI is InChI=1S/C18H22N2O7/c1-7-10-4-3-9(5-11(10)20-17(25)13(7)8(2)22)19-14-16(24)15(23)12(6-21)27-18(14)26/h3-5,12,14-16,18-19,21,23-24,26H,6H2,1-2H3,(H,20,25)/t12?,14?,15-,16?,18?/m0/s1. The third kappa shape index (κ3) is 3.47. The Morgan fingerprint density at radius 3 is 2.59 bits per heavy atom. The first-order valence-electron chi connectivity index (χ1n) is 8.49. The number of fused-ring (bicyclic) bond motifs is 1. The Labute approximate surface area is 154 Å². The van der Waals surface area contributed by atoms with Crippen molar-refractivity contribution in [2.24, 2.45) is 0 Å². The molecule has 1 aliphatic heterocycles. The molecule has 1 aromatic carbocycles. The average Bonchev–Trinajstić information content (AvgIpc) is 2.61. The largest absolute Gasteiger partial charge is 0.394 e. The third-order valence-electron chi connectivity index (χ3n) is 4.86. The van der Waals surface area contributed by atoms with Crippen molar-refractivity contribution in [1.29, 1.82) is 0 Å². The van der Waals surface area contributed by atoms with Crippen LogP contribution in [0.1, 0.15) is 22.8 Å². The molecule has 6 N–H and O–H groups in total. The normalized spacial score (nSPS) is 28.3. The van der Waals surface area contributed by atoms with Crippen molar-refractivity contribution in [1.82, 2.24) is 4.98 Å². The number of rotatable bonds is 4. The Bertz CT molecular complexity index is 926. The van der Waals surface area contributed by atoms with Gasteiger partial charge < -0.3 is 35.5 Å². The minimum atomic E-state index is -1.46. The maximum absolute atomic E-state index is 12.2. The maximum Gasteiger partial charge on any atom is 0.259 e. The number of nitrogens with one attached hydrogen (secondary N) is 2. The van der Waals surface area contributed by atoms with Crippen LogP contribution < -0.4 is 10.9 Å². The van der Waals surface area contributed by atoms with Gasteiger partial charge in [-0.15, -0.1) is 0 Å². The molecule has 0 saturated carbocycles. The first-order chi connectivity index (χ1) is 12.7. The van der Waals surface area contributed by atoms with E-state index in [0.29, 0.717) is 22.2 Å². The summed E-state index contributed by atoms with van der Waals surface area (Å²) in [5, 5.41) is 42.9. The molecular weight excluding hydrogens is 356 g/mol. The quantitative estimate of drug-likeness (QED) is 0.380. The lowest BCUT2D eigenvalue weighted by Gasteiger charge is -2.40. The van der Waals surface area contributed by atoms with Crippen molar-refractivity contribution in [2.45, 2.75) is 44.5 Å². The number of pyridine rings is 1. The summed E-state index contributed by atoms with van der Waals surface area (Å²) < 4.78 is 5.11. The van der Waals surface area contributed by atoms with Crippen molar-refractivity contribution < 1.29 is 30.0 Å². The molecule has 1 aromatic heterocycles. The minimum Gasteiger partial charge on any atom is -0.394 e. The lowest BCUT2D eigenvalue weighted by molar-refractivity contribution is -0.245. The Balaban J connectivity index is 1.93. The third-order valence-corrected chi connectivity index (χ3v) is 4.86. The van der Waals surface area contributed by atoms with Gasteiger partial charge in [-0.1, -0.05) is 6.07 Å². The van der Waals surface area contributed by atoms with Gasteiger partial charge >= 0.3 is 0 Å². The molecule has 0 aliphatic carbocycles. The van der Waals surface area contributed by atoms with Crippen LogP contribution in [0.4, 0.5) is 5.69 Å². The predicted octanol–water partition coefficient (Wildman–Crippen LogP) is -0.749. The number of carbonyl (C=O) groups is 1. The van der Waals surface area contributed by atoms with E-state index in [1.54, 1.807) is 25.1 Å². The number of ketones is 1. The van der Waals surface area contributed by atoms with Crippen LogP contribution in [0.15, 0.2) is 23.0 Å². The topological polar surface area (TPSA) is 152 Å². The van der Waals surface area contributed by atoms with Crippen LogP contribution in [0, 0.1) is 6.92 Å². The van der Waals surface area contributed by atoms with Crippen molar-refractivity contribution in [2.75, 3.05) is 11.9 Å². The molecule has 1 fully saturated rings. The number of H-pyrrole nitrogens is 1. The number of aliphatic hydroxyl groups excluding tert-OH is 4.